The summed E-state index contributed by atoms with van der Waals surface area (Å²) < 4.78 is 29.6. The number of fused-ring (bicyclic) bond motifs is 1. The van der Waals surface area contributed by atoms with Gasteiger partial charge in [0.2, 0.25) is 5.91 Å². The zero-order valence-electron chi connectivity index (χ0n) is 13.2. The molecule has 2 atom stereocenters. The fourth-order valence-corrected chi connectivity index (χ4v) is 4.89. The van der Waals surface area contributed by atoms with Crippen LogP contribution in [0.15, 0.2) is 24.3 Å². The van der Waals surface area contributed by atoms with Gasteiger partial charge in [0, 0.05) is 6.61 Å². The van der Waals surface area contributed by atoms with E-state index in [1.807, 2.05) is 18.2 Å². The van der Waals surface area contributed by atoms with Crippen LogP contribution in [0.4, 0.5) is 0 Å². The van der Waals surface area contributed by atoms with E-state index in [2.05, 4.69) is 11.4 Å². The standard InChI is InChI=1S/C17H23NO4S/c19-17(12-23(20,21)11-14-7-4-10-22-14)18-16-9-3-6-13-5-1-2-8-15(13)16/h1-2,5,8,14,16H,3-4,6-7,9-12H2,(H,18,19). The van der Waals surface area contributed by atoms with Crippen LogP contribution in [0, 0.1) is 0 Å². The highest BCUT2D eigenvalue weighted by Crippen LogP contribution is 2.29. The number of sulfone groups is 1. The summed E-state index contributed by atoms with van der Waals surface area (Å²) >= 11 is 0. The van der Waals surface area contributed by atoms with E-state index in [0.717, 1.165) is 37.7 Å². The lowest BCUT2D eigenvalue weighted by atomic mass is 9.88. The summed E-state index contributed by atoms with van der Waals surface area (Å²) in [6, 6.07) is 7.96. The molecule has 1 heterocycles. The van der Waals surface area contributed by atoms with Crippen molar-refractivity contribution in [2.75, 3.05) is 18.1 Å². The summed E-state index contributed by atoms with van der Waals surface area (Å²) in [7, 11) is -3.43. The van der Waals surface area contributed by atoms with Gasteiger partial charge in [-0.05, 0) is 43.2 Å². The number of amides is 1. The lowest BCUT2D eigenvalue weighted by Crippen LogP contribution is -2.37. The number of carbonyl (C=O) groups excluding carboxylic acids is 1. The van der Waals surface area contributed by atoms with E-state index >= 15 is 0 Å². The van der Waals surface area contributed by atoms with E-state index in [0.29, 0.717) is 6.61 Å². The molecule has 1 aromatic rings. The summed E-state index contributed by atoms with van der Waals surface area (Å²) in [6.45, 7) is 0.616. The van der Waals surface area contributed by atoms with Gasteiger partial charge in [0.15, 0.2) is 9.84 Å². The fraction of sp³-hybridized carbons (Fsp3) is 0.588. The molecular weight excluding hydrogens is 314 g/mol. The Bertz CT molecular complexity index is 665. The molecule has 1 aliphatic carbocycles. The summed E-state index contributed by atoms with van der Waals surface area (Å²) in [5, 5.41) is 2.90. The Hall–Kier alpha value is -1.40. The van der Waals surface area contributed by atoms with Crippen molar-refractivity contribution in [2.24, 2.45) is 0 Å². The molecule has 1 saturated heterocycles. The van der Waals surface area contributed by atoms with Crippen LogP contribution in [0.5, 0.6) is 0 Å². The second kappa shape index (κ2) is 7.01. The van der Waals surface area contributed by atoms with E-state index in [4.69, 9.17) is 4.74 Å². The molecule has 0 radical (unpaired) electrons. The van der Waals surface area contributed by atoms with Crippen LogP contribution in [0.25, 0.3) is 0 Å². The third-order valence-electron chi connectivity index (χ3n) is 4.52. The number of carbonyl (C=O) groups is 1. The molecule has 1 N–H and O–H groups in total. The summed E-state index contributed by atoms with van der Waals surface area (Å²) in [6.07, 6.45) is 4.28. The molecule has 1 fully saturated rings. The molecule has 2 aliphatic rings. The largest absolute Gasteiger partial charge is 0.377 e. The van der Waals surface area contributed by atoms with Crippen LogP contribution in [-0.4, -0.2) is 38.5 Å². The molecule has 1 aliphatic heterocycles. The lowest BCUT2D eigenvalue weighted by molar-refractivity contribution is -0.119. The zero-order valence-corrected chi connectivity index (χ0v) is 14.0. The van der Waals surface area contributed by atoms with Crippen molar-refractivity contribution in [2.45, 2.75) is 44.2 Å². The Morgan fingerprint density at radius 2 is 2.04 bits per heavy atom. The van der Waals surface area contributed by atoms with Crippen LogP contribution >= 0.6 is 0 Å². The summed E-state index contributed by atoms with van der Waals surface area (Å²) in [5.74, 6) is -0.919. The van der Waals surface area contributed by atoms with Gasteiger partial charge < -0.3 is 10.1 Å². The van der Waals surface area contributed by atoms with E-state index in [-0.39, 0.29) is 17.9 Å². The minimum Gasteiger partial charge on any atom is -0.377 e. The SMILES string of the molecule is O=C(CS(=O)(=O)CC1CCCO1)NC1CCCc2ccccc21. The Kier molecular flexibility index (Phi) is 5.02. The third kappa shape index (κ3) is 4.32. The smallest absolute Gasteiger partial charge is 0.235 e. The first-order valence-corrected chi connectivity index (χ1v) is 10.0. The second-order valence-corrected chi connectivity index (χ2v) is 8.51. The molecular formula is C17H23NO4S. The summed E-state index contributed by atoms with van der Waals surface area (Å²) in [5.41, 5.74) is 2.36. The van der Waals surface area contributed by atoms with E-state index in [1.165, 1.54) is 5.56 Å². The molecule has 3 rings (SSSR count). The molecule has 0 spiro atoms. The quantitative estimate of drug-likeness (QED) is 0.889. The zero-order chi connectivity index (χ0) is 16.3. The van der Waals surface area contributed by atoms with Crippen molar-refractivity contribution >= 4 is 15.7 Å². The first-order chi connectivity index (χ1) is 11.0. The Balaban J connectivity index is 1.59. The maximum absolute atomic E-state index is 12.2. The van der Waals surface area contributed by atoms with Gasteiger partial charge in [-0.2, -0.15) is 0 Å². The van der Waals surface area contributed by atoms with Crippen LogP contribution in [0.3, 0.4) is 0 Å². The lowest BCUT2D eigenvalue weighted by Gasteiger charge is -2.26. The predicted octanol–water partition coefficient (Wildman–Crippen LogP) is 1.77. The van der Waals surface area contributed by atoms with Gasteiger partial charge in [-0.3, -0.25) is 4.79 Å². The minimum atomic E-state index is -3.43. The molecule has 23 heavy (non-hydrogen) atoms. The maximum Gasteiger partial charge on any atom is 0.235 e. The Morgan fingerprint density at radius 1 is 1.22 bits per heavy atom. The van der Waals surface area contributed by atoms with Gasteiger partial charge >= 0.3 is 0 Å². The number of rotatable bonds is 5. The van der Waals surface area contributed by atoms with Crippen LogP contribution in [0.2, 0.25) is 0 Å². The Labute approximate surface area is 137 Å². The number of nitrogens with one attached hydrogen (secondary N) is 1. The number of benzene rings is 1. The average molecular weight is 337 g/mol. The fourth-order valence-electron chi connectivity index (χ4n) is 3.46. The molecule has 0 aromatic heterocycles. The molecule has 1 aromatic carbocycles. The van der Waals surface area contributed by atoms with Gasteiger partial charge in [0.1, 0.15) is 5.75 Å². The van der Waals surface area contributed by atoms with Gasteiger partial charge in [-0.25, -0.2) is 8.42 Å². The number of ether oxygens (including phenoxy) is 1. The molecule has 126 valence electrons. The molecule has 1 amide bonds. The monoisotopic (exact) mass is 337 g/mol. The van der Waals surface area contributed by atoms with Crippen molar-refractivity contribution < 1.29 is 17.9 Å². The second-order valence-electron chi connectivity index (χ2n) is 6.40. The summed E-state index contributed by atoms with van der Waals surface area (Å²) in [4.78, 5) is 12.2. The topological polar surface area (TPSA) is 72.5 Å². The van der Waals surface area contributed by atoms with Gasteiger partial charge in [0.05, 0.1) is 17.9 Å². The predicted molar refractivity (Wildman–Crippen MR) is 87.9 cm³/mol. The average Bonchev–Trinajstić information content (AvgIpc) is 2.99. The van der Waals surface area contributed by atoms with E-state index in [9.17, 15) is 13.2 Å². The van der Waals surface area contributed by atoms with Gasteiger partial charge in [-0.15, -0.1) is 0 Å². The van der Waals surface area contributed by atoms with Crippen molar-refractivity contribution in [3.8, 4) is 0 Å². The number of aryl methyl sites for hydroxylation is 1. The highest BCUT2D eigenvalue weighted by molar-refractivity contribution is 7.92. The third-order valence-corrected chi connectivity index (χ3v) is 6.10. The van der Waals surface area contributed by atoms with Crippen molar-refractivity contribution in [3.05, 3.63) is 35.4 Å². The number of hydrogen-bond acceptors (Lipinski definition) is 4. The molecule has 6 heteroatoms. The maximum atomic E-state index is 12.2. The van der Waals surface area contributed by atoms with Crippen LogP contribution in [0.1, 0.15) is 42.9 Å². The highest BCUT2D eigenvalue weighted by atomic mass is 32.2. The van der Waals surface area contributed by atoms with Gasteiger partial charge in [0.25, 0.3) is 0 Å². The molecule has 2 unspecified atom stereocenters. The molecule has 5 nitrogen and oxygen atoms in total. The van der Waals surface area contributed by atoms with E-state index in [1.54, 1.807) is 0 Å². The highest BCUT2D eigenvalue weighted by Gasteiger charge is 2.27. The first-order valence-electron chi connectivity index (χ1n) is 8.23. The van der Waals surface area contributed by atoms with Crippen molar-refractivity contribution in [1.82, 2.24) is 5.32 Å². The van der Waals surface area contributed by atoms with Gasteiger partial charge in [-0.1, -0.05) is 24.3 Å². The van der Waals surface area contributed by atoms with Crippen LogP contribution in [-0.2, 0) is 25.8 Å². The normalized spacial score (nSPS) is 24.2. The minimum absolute atomic E-state index is 0.0539. The van der Waals surface area contributed by atoms with E-state index < -0.39 is 21.5 Å². The molecule has 0 saturated carbocycles. The van der Waals surface area contributed by atoms with Crippen molar-refractivity contribution in [1.29, 1.82) is 0 Å². The first kappa shape index (κ1) is 16.5. The van der Waals surface area contributed by atoms with Crippen molar-refractivity contribution in [3.63, 3.8) is 0 Å². The molecule has 0 bridgehead atoms. The number of hydrogen-bond donors (Lipinski definition) is 1. The van der Waals surface area contributed by atoms with Crippen LogP contribution < -0.4 is 5.32 Å². The Morgan fingerprint density at radius 3 is 2.83 bits per heavy atom.